The Balaban J connectivity index is 1.53. The first-order chi connectivity index (χ1) is 9.84. The van der Waals surface area contributed by atoms with E-state index in [4.69, 9.17) is 4.74 Å². The number of aliphatic hydroxyl groups is 1. The van der Waals surface area contributed by atoms with E-state index in [9.17, 15) is 5.11 Å². The van der Waals surface area contributed by atoms with E-state index < -0.39 is 0 Å². The molecule has 110 valence electrons. The topological polar surface area (TPSA) is 29.5 Å². The first-order valence-electron chi connectivity index (χ1n) is 8.22. The Labute approximate surface area is 122 Å². The van der Waals surface area contributed by atoms with Crippen LogP contribution in [0.4, 0.5) is 0 Å². The Kier molecular flexibility index (Phi) is 4.74. The maximum absolute atomic E-state index is 10.6. The minimum atomic E-state index is -0.183. The number of fused-ring (bicyclic) bond motifs is 1. The number of hydrogen-bond donors (Lipinski definition) is 1. The first kappa shape index (κ1) is 14.1. The summed E-state index contributed by atoms with van der Waals surface area (Å²) in [7, 11) is 0. The van der Waals surface area contributed by atoms with Crippen LogP contribution in [0.2, 0.25) is 0 Å². The maximum Gasteiger partial charge on any atom is 0.0608 e. The fraction of sp³-hybridized carbons (Fsp3) is 0.667. The van der Waals surface area contributed by atoms with Gasteiger partial charge in [-0.2, -0.15) is 0 Å². The van der Waals surface area contributed by atoms with Crippen molar-refractivity contribution in [3.8, 4) is 0 Å². The van der Waals surface area contributed by atoms with Crippen molar-refractivity contribution in [2.24, 2.45) is 0 Å². The van der Waals surface area contributed by atoms with Gasteiger partial charge in [0, 0.05) is 12.5 Å². The summed E-state index contributed by atoms with van der Waals surface area (Å²) in [5, 5.41) is 10.6. The number of ether oxygens (including phenoxy) is 1. The van der Waals surface area contributed by atoms with Crippen LogP contribution in [0.1, 0.15) is 62.0 Å². The van der Waals surface area contributed by atoms with E-state index in [0.717, 1.165) is 32.3 Å². The zero-order valence-electron chi connectivity index (χ0n) is 12.3. The molecule has 1 aromatic carbocycles. The standard InChI is InChI=1S/C18H26O2/c19-18(12-4-8-15-9-5-13-20-15)17-11-3-7-14-6-1-2-10-16(14)17/h1-2,6,10,15,17-19H,3-5,7-9,11-13H2. The molecule has 1 heterocycles. The number of hydrogen-bond acceptors (Lipinski definition) is 2. The molecule has 2 nitrogen and oxygen atoms in total. The third-order valence-corrected chi connectivity index (χ3v) is 4.93. The van der Waals surface area contributed by atoms with Crippen molar-refractivity contribution in [1.29, 1.82) is 0 Å². The van der Waals surface area contributed by atoms with Crippen molar-refractivity contribution < 1.29 is 9.84 Å². The van der Waals surface area contributed by atoms with Crippen molar-refractivity contribution in [3.63, 3.8) is 0 Å². The Morgan fingerprint density at radius 3 is 2.95 bits per heavy atom. The largest absolute Gasteiger partial charge is 0.392 e. The monoisotopic (exact) mass is 274 g/mol. The summed E-state index contributed by atoms with van der Waals surface area (Å²) in [5.74, 6) is 0.351. The predicted molar refractivity (Wildman–Crippen MR) is 81.0 cm³/mol. The second-order valence-electron chi connectivity index (χ2n) is 6.33. The lowest BCUT2D eigenvalue weighted by Crippen LogP contribution is -2.23. The average molecular weight is 274 g/mol. The van der Waals surface area contributed by atoms with Crippen LogP contribution >= 0.6 is 0 Å². The lowest BCUT2D eigenvalue weighted by molar-refractivity contribution is 0.0875. The Bertz CT molecular complexity index is 423. The molecule has 2 heteroatoms. The third-order valence-electron chi connectivity index (χ3n) is 4.93. The van der Waals surface area contributed by atoms with Crippen LogP contribution in [0.3, 0.4) is 0 Å². The molecule has 20 heavy (non-hydrogen) atoms. The summed E-state index contributed by atoms with van der Waals surface area (Å²) in [6, 6.07) is 8.66. The smallest absolute Gasteiger partial charge is 0.0608 e. The van der Waals surface area contributed by atoms with Crippen LogP contribution in [-0.2, 0) is 11.2 Å². The van der Waals surface area contributed by atoms with Gasteiger partial charge in [0.1, 0.15) is 0 Å². The van der Waals surface area contributed by atoms with Crippen molar-refractivity contribution in [3.05, 3.63) is 35.4 Å². The van der Waals surface area contributed by atoms with Gasteiger partial charge in [0.15, 0.2) is 0 Å². The lowest BCUT2D eigenvalue weighted by atomic mass is 9.78. The fourth-order valence-corrected chi connectivity index (χ4v) is 3.82. The summed E-state index contributed by atoms with van der Waals surface area (Å²) in [6.07, 6.45) is 9.34. The van der Waals surface area contributed by atoms with Crippen LogP contribution in [0.5, 0.6) is 0 Å². The van der Waals surface area contributed by atoms with Crippen molar-refractivity contribution >= 4 is 0 Å². The lowest BCUT2D eigenvalue weighted by Gasteiger charge is -2.29. The van der Waals surface area contributed by atoms with Gasteiger partial charge in [-0.15, -0.1) is 0 Å². The van der Waals surface area contributed by atoms with E-state index in [0.29, 0.717) is 12.0 Å². The van der Waals surface area contributed by atoms with E-state index in [1.807, 2.05) is 0 Å². The second-order valence-corrected chi connectivity index (χ2v) is 6.33. The van der Waals surface area contributed by atoms with Crippen LogP contribution in [0.25, 0.3) is 0 Å². The molecule has 3 atom stereocenters. The van der Waals surface area contributed by atoms with Gasteiger partial charge in [0.25, 0.3) is 0 Å². The quantitative estimate of drug-likeness (QED) is 0.884. The molecular formula is C18H26O2. The van der Waals surface area contributed by atoms with E-state index >= 15 is 0 Å². The summed E-state index contributed by atoms with van der Waals surface area (Å²) in [5.41, 5.74) is 2.84. The highest BCUT2D eigenvalue weighted by molar-refractivity contribution is 5.33. The Hall–Kier alpha value is -0.860. The summed E-state index contributed by atoms with van der Waals surface area (Å²) in [4.78, 5) is 0. The zero-order chi connectivity index (χ0) is 13.8. The molecular weight excluding hydrogens is 248 g/mol. The van der Waals surface area contributed by atoms with Crippen LogP contribution in [0, 0.1) is 0 Å². The molecule has 1 fully saturated rings. The highest BCUT2D eigenvalue weighted by Gasteiger charge is 2.26. The third kappa shape index (κ3) is 3.24. The number of rotatable bonds is 5. The molecule has 2 aliphatic rings. The minimum Gasteiger partial charge on any atom is -0.392 e. The van der Waals surface area contributed by atoms with Crippen LogP contribution in [-0.4, -0.2) is 23.9 Å². The van der Waals surface area contributed by atoms with E-state index in [2.05, 4.69) is 24.3 Å². The highest BCUT2D eigenvalue weighted by atomic mass is 16.5. The van der Waals surface area contributed by atoms with Gasteiger partial charge < -0.3 is 9.84 Å². The van der Waals surface area contributed by atoms with E-state index in [1.165, 1.54) is 36.8 Å². The van der Waals surface area contributed by atoms with Crippen LogP contribution in [0.15, 0.2) is 24.3 Å². The summed E-state index contributed by atoms with van der Waals surface area (Å²) >= 11 is 0. The molecule has 3 rings (SSSR count). The average Bonchev–Trinajstić information content (AvgIpc) is 3.00. The van der Waals surface area contributed by atoms with Gasteiger partial charge in [-0.3, -0.25) is 0 Å². The van der Waals surface area contributed by atoms with E-state index in [-0.39, 0.29) is 6.10 Å². The number of aliphatic hydroxyl groups excluding tert-OH is 1. The summed E-state index contributed by atoms with van der Waals surface area (Å²) < 4.78 is 5.65. The van der Waals surface area contributed by atoms with Gasteiger partial charge in [-0.05, 0) is 62.5 Å². The molecule has 1 saturated heterocycles. The summed E-state index contributed by atoms with van der Waals surface area (Å²) in [6.45, 7) is 0.934. The predicted octanol–water partition coefficient (Wildman–Crippen LogP) is 3.82. The molecule has 1 aromatic rings. The molecule has 0 saturated carbocycles. The number of aryl methyl sites for hydroxylation is 1. The van der Waals surface area contributed by atoms with Gasteiger partial charge in [0.2, 0.25) is 0 Å². The van der Waals surface area contributed by atoms with Gasteiger partial charge in [-0.25, -0.2) is 0 Å². The molecule has 0 radical (unpaired) electrons. The number of benzene rings is 1. The molecule has 1 aliphatic carbocycles. The van der Waals surface area contributed by atoms with Gasteiger partial charge in [-0.1, -0.05) is 24.3 Å². The molecule has 0 aromatic heterocycles. The molecule has 1 N–H and O–H groups in total. The zero-order valence-corrected chi connectivity index (χ0v) is 12.3. The molecule has 0 bridgehead atoms. The molecule has 0 spiro atoms. The Morgan fingerprint density at radius 2 is 2.10 bits per heavy atom. The molecule has 0 amide bonds. The Morgan fingerprint density at radius 1 is 1.20 bits per heavy atom. The van der Waals surface area contributed by atoms with Gasteiger partial charge in [0.05, 0.1) is 12.2 Å². The van der Waals surface area contributed by atoms with Gasteiger partial charge >= 0.3 is 0 Å². The van der Waals surface area contributed by atoms with E-state index in [1.54, 1.807) is 0 Å². The first-order valence-corrected chi connectivity index (χ1v) is 8.22. The fourth-order valence-electron chi connectivity index (χ4n) is 3.82. The highest BCUT2D eigenvalue weighted by Crippen LogP contribution is 2.35. The van der Waals surface area contributed by atoms with Crippen molar-refractivity contribution in [2.75, 3.05) is 6.61 Å². The normalized spacial score (nSPS) is 27.2. The maximum atomic E-state index is 10.6. The van der Waals surface area contributed by atoms with Crippen LogP contribution < -0.4 is 0 Å². The van der Waals surface area contributed by atoms with Crippen molar-refractivity contribution in [1.82, 2.24) is 0 Å². The van der Waals surface area contributed by atoms with Crippen molar-refractivity contribution in [2.45, 2.75) is 69.5 Å². The second kappa shape index (κ2) is 6.73. The molecule has 1 aliphatic heterocycles. The minimum absolute atomic E-state index is 0.183. The SMILES string of the molecule is OC(CCCC1CCCO1)C1CCCc2ccccc21. The molecule has 3 unspecified atom stereocenters.